The molecule has 0 saturated carbocycles. The normalized spacial score (nSPS) is 32.8. The minimum Gasteiger partial charge on any atom is -0.392 e. The van der Waals surface area contributed by atoms with Crippen molar-refractivity contribution >= 4 is 11.6 Å². The summed E-state index contributed by atoms with van der Waals surface area (Å²) in [5.74, 6) is 0. The van der Waals surface area contributed by atoms with Crippen LogP contribution in [0.4, 0.5) is 0 Å². The van der Waals surface area contributed by atoms with E-state index in [0.717, 1.165) is 25.1 Å². The van der Waals surface area contributed by atoms with E-state index >= 15 is 0 Å². The number of hydrogen-bond donors (Lipinski definition) is 1. The van der Waals surface area contributed by atoms with E-state index in [2.05, 4.69) is 11.8 Å². The average molecular weight is 190 g/mol. The van der Waals surface area contributed by atoms with Crippen LogP contribution in [0.1, 0.15) is 20.3 Å². The van der Waals surface area contributed by atoms with Gasteiger partial charge < -0.3 is 5.11 Å². The van der Waals surface area contributed by atoms with E-state index in [1.807, 2.05) is 6.92 Å². The van der Waals surface area contributed by atoms with Crippen LogP contribution in [0.2, 0.25) is 0 Å². The Labute approximate surface area is 78.8 Å². The molecule has 0 radical (unpaired) electrons. The molecule has 1 rings (SSSR count). The van der Waals surface area contributed by atoms with E-state index in [1.54, 1.807) is 5.54 Å². The summed E-state index contributed by atoms with van der Waals surface area (Å²) >= 11 is 5.56. The molecule has 2 atom stereocenters. The summed E-state index contributed by atoms with van der Waals surface area (Å²) < 4.78 is 0. The van der Waals surface area contributed by atoms with Crippen molar-refractivity contribution in [3.05, 3.63) is 11.1 Å². The quantitative estimate of drug-likeness (QED) is 0.713. The van der Waals surface area contributed by atoms with Crippen molar-refractivity contribution in [1.82, 2.24) is 4.90 Å². The van der Waals surface area contributed by atoms with Gasteiger partial charge in [-0.2, -0.15) is 0 Å². The average Bonchev–Trinajstić information content (AvgIpc) is 2.30. The van der Waals surface area contributed by atoms with Gasteiger partial charge in [-0.15, -0.1) is 0 Å². The highest BCUT2D eigenvalue weighted by Gasteiger charge is 2.26. The van der Waals surface area contributed by atoms with Crippen LogP contribution >= 0.6 is 11.6 Å². The van der Waals surface area contributed by atoms with Crippen LogP contribution in [-0.2, 0) is 0 Å². The second kappa shape index (κ2) is 4.26. The van der Waals surface area contributed by atoms with E-state index < -0.39 is 0 Å². The fraction of sp³-hybridized carbons (Fsp3) is 0.778. The molecule has 0 amide bonds. The lowest BCUT2D eigenvalue weighted by Gasteiger charge is -2.20. The number of likely N-dealkylation sites (tertiary alicyclic amines) is 1. The summed E-state index contributed by atoms with van der Waals surface area (Å²) in [5, 5.41) is 9.36. The van der Waals surface area contributed by atoms with E-state index in [9.17, 15) is 5.11 Å². The molecule has 1 aliphatic heterocycles. The van der Waals surface area contributed by atoms with Crippen molar-refractivity contribution in [2.45, 2.75) is 32.4 Å². The Bertz CT molecular complexity index is 181. The maximum atomic E-state index is 9.36. The van der Waals surface area contributed by atoms with Crippen LogP contribution in [0.15, 0.2) is 11.1 Å². The first kappa shape index (κ1) is 10.0. The topological polar surface area (TPSA) is 23.5 Å². The Hall–Kier alpha value is -0.0500. The maximum absolute atomic E-state index is 9.36. The number of nitrogens with zero attached hydrogens (tertiary/aromatic N) is 1. The van der Waals surface area contributed by atoms with Crippen molar-refractivity contribution in [1.29, 1.82) is 0 Å². The Kier molecular flexibility index (Phi) is 3.56. The Morgan fingerprint density at radius 2 is 2.42 bits per heavy atom. The predicted molar refractivity (Wildman–Crippen MR) is 51.3 cm³/mol. The number of aliphatic hydroxyl groups is 1. The van der Waals surface area contributed by atoms with Gasteiger partial charge in [-0.3, -0.25) is 4.90 Å². The van der Waals surface area contributed by atoms with Gasteiger partial charge in [-0.05, 0) is 25.8 Å². The van der Waals surface area contributed by atoms with Gasteiger partial charge in [0.05, 0.1) is 6.10 Å². The molecule has 12 heavy (non-hydrogen) atoms. The third kappa shape index (κ3) is 2.47. The standard InChI is InChI=1S/C9H16ClNO/c1-7(4-10)5-11-6-9(12)3-8(11)2/h4,8-9,12H,3,5-6H2,1-2H3/b7-4+. The Morgan fingerprint density at radius 1 is 1.75 bits per heavy atom. The first-order valence-corrected chi connectivity index (χ1v) is 4.75. The van der Waals surface area contributed by atoms with Gasteiger partial charge in [0.1, 0.15) is 0 Å². The van der Waals surface area contributed by atoms with Crippen molar-refractivity contribution in [3.63, 3.8) is 0 Å². The summed E-state index contributed by atoms with van der Waals surface area (Å²) in [6.45, 7) is 5.80. The summed E-state index contributed by atoms with van der Waals surface area (Å²) in [4.78, 5) is 2.25. The molecule has 1 saturated heterocycles. The number of halogens is 1. The summed E-state index contributed by atoms with van der Waals surface area (Å²) in [5.41, 5.74) is 2.76. The SMILES string of the molecule is C/C(=C\Cl)CN1CC(O)CC1C. The molecule has 0 aliphatic carbocycles. The summed E-state index contributed by atoms with van der Waals surface area (Å²) in [6.07, 6.45) is 0.735. The highest BCUT2D eigenvalue weighted by Crippen LogP contribution is 2.18. The molecule has 3 heteroatoms. The Morgan fingerprint density at radius 3 is 2.83 bits per heavy atom. The molecule has 2 unspecified atom stereocenters. The van der Waals surface area contributed by atoms with Crippen LogP contribution in [0.25, 0.3) is 0 Å². The fourth-order valence-corrected chi connectivity index (χ4v) is 1.71. The monoisotopic (exact) mass is 189 g/mol. The summed E-state index contributed by atoms with van der Waals surface area (Å²) in [6, 6.07) is 0.478. The minimum absolute atomic E-state index is 0.150. The van der Waals surface area contributed by atoms with Crippen LogP contribution in [0.3, 0.4) is 0 Å². The van der Waals surface area contributed by atoms with Gasteiger partial charge in [-0.25, -0.2) is 0 Å². The second-order valence-corrected chi connectivity index (χ2v) is 3.84. The van der Waals surface area contributed by atoms with E-state index in [-0.39, 0.29) is 6.10 Å². The van der Waals surface area contributed by atoms with Gasteiger partial charge in [0, 0.05) is 24.7 Å². The van der Waals surface area contributed by atoms with E-state index in [1.165, 1.54) is 0 Å². The number of hydrogen-bond acceptors (Lipinski definition) is 2. The van der Waals surface area contributed by atoms with E-state index in [4.69, 9.17) is 11.6 Å². The van der Waals surface area contributed by atoms with Crippen molar-refractivity contribution in [3.8, 4) is 0 Å². The third-order valence-electron chi connectivity index (χ3n) is 2.32. The first-order valence-electron chi connectivity index (χ1n) is 4.31. The highest BCUT2D eigenvalue weighted by atomic mass is 35.5. The molecule has 1 heterocycles. The van der Waals surface area contributed by atoms with Gasteiger partial charge in [0.15, 0.2) is 0 Å². The zero-order chi connectivity index (χ0) is 9.14. The molecule has 0 spiro atoms. The zero-order valence-electron chi connectivity index (χ0n) is 7.63. The van der Waals surface area contributed by atoms with Crippen LogP contribution in [-0.4, -0.2) is 35.2 Å². The molecule has 0 aromatic heterocycles. The maximum Gasteiger partial charge on any atom is 0.0682 e. The van der Waals surface area contributed by atoms with Crippen molar-refractivity contribution in [2.75, 3.05) is 13.1 Å². The molecule has 1 fully saturated rings. The molecule has 70 valence electrons. The number of rotatable bonds is 2. The Balaban J connectivity index is 2.43. The highest BCUT2D eigenvalue weighted by molar-refractivity contribution is 6.25. The van der Waals surface area contributed by atoms with Crippen LogP contribution in [0, 0.1) is 0 Å². The van der Waals surface area contributed by atoms with Crippen LogP contribution < -0.4 is 0 Å². The van der Waals surface area contributed by atoms with Gasteiger partial charge in [0.25, 0.3) is 0 Å². The smallest absolute Gasteiger partial charge is 0.0682 e. The van der Waals surface area contributed by atoms with E-state index in [0.29, 0.717) is 6.04 Å². The van der Waals surface area contributed by atoms with Crippen molar-refractivity contribution < 1.29 is 5.11 Å². The van der Waals surface area contributed by atoms with Gasteiger partial charge in [-0.1, -0.05) is 11.6 Å². The number of aliphatic hydroxyl groups excluding tert-OH is 1. The zero-order valence-corrected chi connectivity index (χ0v) is 8.38. The molecule has 1 N–H and O–H groups in total. The largest absolute Gasteiger partial charge is 0.392 e. The molecular weight excluding hydrogens is 174 g/mol. The lowest BCUT2D eigenvalue weighted by Crippen LogP contribution is -2.29. The molecule has 0 bridgehead atoms. The minimum atomic E-state index is -0.150. The number of β-amino-alcohol motifs (C(OH)–C–C–N with tert-alkyl or cyclic N) is 1. The second-order valence-electron chi connectivity index (χ2n) is 3.62. The molecular formula is C9H16ClNO. The first-order chi connectivity index (χ1) is 5.63. The van der Waals surface area contributed by atoms with Gasteiger partial charge in [0.2, 0.25) is 0 Å². The lowest BCUT2D eigenvalue weighted by molar-refractivity contribution is 0.178. The third-order valence-corrected chi connectivity index (χ3v) is 2.69. The lowest BCUT2D eigenvalue weighted by atomic mass is 10.2. The molecule has 0 aromatic rings. The van der Waals surface area contributed by atoms with Crippen molar-refractivity contribution in [2.24, 2.45) is 0 Å². The molecule has 1 aliphatic rings. The van der Waals surface area contributed by atoms with Gasteiger partial charge >= 0.3 is 0 Å². The summed E-state index contributed by atoms with van der Waals surface area (Å²) in [7, 11) is 0. The molecule has 0 aromatic carbocycles. The molecule has 2 nitrogen and oxygen atoms in total. The van der Waals surface area contributed by atoms with Crippen LogP contribution in [0.5, 0.6) is 0 Å². The predicted octanol–water partition coefficient (Wildman–Crippen LogP) is 1.58. The fourth-order valence-electron chi connectivity index (χ4n) is 1.64.